The van der Waals surface area contributed by atoms with E-state index in [-0.39, 0.29) is 6.03 Å². The van der Waals surface area contributed by atoms with Gasteiger partial charge in [0.15, 0.2) is 0 Å². The number of aromatic nitrogens is 3. The zero-order valence-electron chi connectivity index (χ0n) is 11.0. The highest BCUT2D eigenvalue weighted by atomic mass is 16.2. The van der Waals surface area contributed by atoms with E-state index in [1.807, 2.05) is 32.0 Å². The number of rotatable bonds is 3. The first-order valence-electron chi connectivity index (χ1n) is 6.20. The lowest BCUT2D eigenvalue weighted by Gasteiger charge is -2.17. The van der Waals surface area contributed by atoms with Gasteiger partial charge in [0.05, 0.1) is 5.69 Å². The topological polar surface area (TPSA) is 60.1 Å². The molecule has 0 unspecified atom stereocenters. The number of carbonyl (C=O) groups is 1. The lowest BCUT2D eigenvalue weighted by atomic mass is 10.3. The summed E-state index contributed by atoms with van der Waals surface area (Å²) in [5, 5.41) is 3.98. The molecule has 0 aliphatic heterocycles. The van der Waals surface area contributed by atoms with Crippen molar-refractivity contribution in [2.45, 2.75) is 13.8 Å². The molecule has 6 heteroatoms. The van der Waals surface area contributed by atoms with E-state index in [1.165, 1.54) is 11.0 Å². The van der Waals surface area contributed by atoms with Crippen molar-refractivity contribution in [2.24, 2.45) is 0 Å². The van der Waals surface area contributed by atoms with Crippen LogP contribution in [-0.2, 0) is 0 Å². The summed E-state index contributed by atoms with van der Waals surface area (Å²) in [7, 11) is 0. The third kappa shape index (κ3) is 2.42. The Labute approximate surface area is 110 Å². The first-order valence-corrected chi connectivity index (χ1v) is 6.20. The fourth-order valence-corrected chi connectivity index (χ4v) is 1.83. The van der Waals surface area contributed by atoms with Gasteiger partial charge in [-0.05, 0) is 26.0 Å². The van der Waals surface area contributed by atoms with Crippen LogP contribution in [-0.4, -0.2) is 38.4 Å². The quantitative estimate of drug-likeness (QED) is 0.836. The summed E-state index contributed by atoms with van der Waals surface area (Å²) in [5.41, 5.74) is 0.182. The van der Waals surface area contributed by atoms with Crippen molar-refractivity contribution in [1.29, 1.82) is 0 Å². The summed E-state index contributed by atoms with van der Waals surface area (Å²) < 4.78 is 2.24. The van der Waals surface area contributed by atoms with Crippen LogP contribution in [0.25, 0.3) is 5.69 Å². The summed E-state index contributed by atoms with van der Waals surface area (Å²) in [6.45, 7) is 4.85. The van der Waals surface area contributed by atoms with Crippen LogP contribution in [0.1, 0.15) is 13.8 Å². The average molecular weight is 260 g/mol. The monoisotopic (exact) mass is 260 g/mol. The number of carbonyl (C=O) groups excluding carboxylic acids is 1. The van der Waals surface area contributed by atoms with Gasteiger partial charge in [0.25, 0.3) is 0 Å². The van der Waals surface area contributed by atoms with Gasteiger partial charge in [-0.25, -0.2) is 9.59 Å². The van der Waals surface area contributed by atoms with Crippen molar-refractivity contribution < 1.29 is 4.79 Å². The van der Waals surface area contributed by atoms with E-state index in [4.69, 9.17) is 0 Å². The second-order valence-electron chi connectivity index (χ2n) is 3.99. The molecule has 100 valence electrons. The molecule has 1 aromatic heterocycles. The van der Waals surface area contributed by atoms with E-state index in [0.717, 1.165) is 4.57 Å². The molecule has 0 fully saturated rings. The Hall–Kier alpha value is -2.37. The Morgan fingerprint density at radius 3 is 2.42 bits per heavy atom. The number of hydrogen-bond donors (Lipinski definition) is 0. The van der Waals surface area contributed by atoms with Gasteiger partial charge < -0.3 is 4.90 Å². The lowest BCUT2D eigenvalue weighted by molar-refractivity contribution is 0.204. The molecule has 19 heavy (non-hydrogen) atoms. The highest BCUT2D eigenvalue weighted by molar-refractivity contribution is 5.76. The van der Waals surface area contributed by atoms with E-state index in [1.54, 1.807) is 17.0 Å². The van der Waals surface area contributed by atoms with Gasteiger partial charge >= 0.3 is 11.7 Å². The minimum Gasteiger partial charge on any atom is -0.324 e. The van der Waals surface area contributed by atoms with Crippen LogP contribution >= 0.6 is 0 Å². The van der Waals surface area contributed by atoms with Crippen molar-refractivity contribution in [3.8, 4) is 5.69 Å². The molecule has 0 N–H and O–H groups in total. The van der Waals surface area contributed by atoms with Crippen molar-refractivity contribution in [1.82, 2.24) is 19.2 Å². The maximum atomic E-state index is 12.2. The van der Waals surface area contributed by atoms with E-state index >= 15 is 0 Å². The van der Waals surface area contributed by atoms with Crippen molar-refractivity contribution in [3.63, 3.8) is 0 Å². The number of benzene rings is 1. The molecule has 0 aliphatic carbocycles. The largest absolute Gasteiger partial charge is 0.358 e. The van der Waals surface area contributed by atoms with E-state index in [9.17, 15) is 9.59 Å². The molecule has 0 spiro atoms. The molecular weight excluding hydrogens is 244 g/mol. The second-order valence-corrected chi connectivity index (χ2v) is 3.99. The van der Waals surface area contributed by atoms with Crippen LogP contribution in [0, 0.1) is 0 Å². The van der Waals surface area contributed by atoms with Gasteiger partial charge in [0, 0.05) is 13.1 Å². The maximum Gasteiger partial charge on any atom is 0.358 e. The summed E-state index contributed by atoms with van der Waals surface area (Å²) in [6.07, 6.45) is 1.26. The summed E-state index contributed by atoms with van der Waals surface area (Å²) in [6, 6.07) is 8.66. The SMILES string of the molecule is CCN(CC)C(=O)n1cnn(-c2ccccc2)c1=O. The number of hydrogen-bond acceptors (Lipinski definition) is 3. The molecule has 6 nitrogen and oxygen atoms in total. The highest BCUT2D eigenvalue weighted by Gasteiger charge is 2.17. The van der Waals surface area contributed by atoms with Gasteiger partial charge in [0.1, 0.15) is 6.33 Å². The van der Waals surface area contributed by atoms with Gasteiger partial charge in [0.2, 0.25) is 0 Å². The van der Waals surface area contributed by atoms with E-state index in [2.05, 4.69) is 5.10 Å². The molecule has 0 saturated heterocycles. The standard InChI is InChI=1S/C13H16N4O2/c1-3-15(4-2)12(18)16-10-14-17(13(16)19)11-8-6-5-7-9-11/h5-10H,3-4H2,1-2H3. The van der Waals surface area contributed by atoms with Gasteiger partial charge in [-0.1, -0.05) is 18.2 Å². The van der Waals surface area contributed by atoms with Crippen molar-refractivity contribution in [3.05, 3.63) is 47.1 Å². The second kappa shape index (κ2) is 5.51. The Morgan fingerprint density at radius 2 is 1.84 bits per heavy atom. The summed E-state index contributed by atoms with van der Waals surface area (Å²) >= 11 is 0. The fraction of sp³-hybridized carbons (Fsp3) is 0.308. The molecule has 2 aromatic rings. The average Bonchev–Trinajstić information content (AvgIpc) is 2.83. The normalized spacial score (nSPS) is 10.4. The zero-order chi connectivity index (χ0) is 13.8. The van der Waals surface area contributed by atoms with E-state index < -0.39 is 5.69 Å². The number of para-hydroxylation sites is 1. The van der Waals surface area contributed by atoms with Gasteiger partial charge in [-0.3, -0.25) is 0 Å². The van der Waals surface area contributed by atoms with Crippen molar-refractivity contribution in [2.75, 3.05) is 13.1 Å². The van der Waals surface area contributed by atoms with Crippen LogP contribution in [0.2, 0.25) is 0 Å². The van der Waals surface area contributed by atoms with Crippen LogP contribution in [0.4, 0.5) is 4.79 Å². The molecular formula is C13H16N4O2. The Morgan fingerprint density at radius 1 is 1.21 bits per heavy atom. The van der Waals surface area contributed by atoms with Gasteiger partial charge in [-0.2, -0.15) is 14.3 Å². The van der Waals surface area contributed by atoms with Gasteiger partial charge in [-0.15, -0.1) is 0 Å². The van der Waals surface area contributed by atoms with E-state index in [0.29, 0.717) is 18.8 Å². The molecule has 0 radical (unpaired) electrons. The zero-order valence-corrected chi connectivity index (χ0v) is 11.0. The lowest BCUT2D eigenvalue weighted by Crippen LogP contribution is -2.39. The third-order valence-corrected chi connectivity index (χ3v) is 2.91. The van der Waals surface area contributed by atoms with Crippen LogP contribution < -0.4 is 5.69 Å². The van der Waals surface area contributed by atoms with Crippen LogP contribution in [0.5, 0.6) is 0 Å². The van der Waals surface area contributed by atoms with Crippen molar-refractivity contribution >= 4 is 6.03 Å². The summed E-state index contributed by atoms with van der Waals surface area (Å²) in [5.74, 6) is 0. The molecule has 0 atom stereocenters. The Kier molecular flexibility index (Phi) is 3.79. The Balaban J connectivity index is 2.39. The molecule has 0 aliphatic rings. The summed E-state index contributed by atoms with van der Waals surface area (Å²) in [4.78, 5) is 25.8. The van der Waals surface area contributed by atoms with Crippen LogP contribution in [0.3, 0.4) is 0 Å². The molecule has 2 rings (SSSR count). The third-order valence-electron chi connectivity index (χ3n) is 2.91. The molecule has 1 heterocycles. The molecule has 0 bridgehead atoms. The fourth-order valence-electron chi connectivity index (χ4n) is 1.83. The molecule has 1 amide bonds. The number of nitrogens with zero attached hydrogens (tertiary/aromatic N) is 4. The predicted octanol–water partition coefficient (Wildman–Crippen LogP) is 1.34. The molecule has 1 aromatic carbocycles. The highest BCUT2D eigenvalue weighted by Crippen LogP contribution is 2.02. The predicted molar refractivity (Wildman–Crippen MR) is 71.5 cm³/mol. The Bertz CT molecular complexity index is 611. The number of amides is 1. The minimum absolute atomic E-state index is 0.350. The maximum absolute atomic E-state index is 12.2. The first-order chi connectivity index (χ1) is 9.19. The minimum atomic E-state index is -0.455. The first kappa shape index (κ1) is 13.1. The molecule has 0 saturated carbocycles. The van der Waals surface area contributed by atoms with Crippen LogP contribution in [0.15, 0.2) is 41.5 Å². The smallest absolute Gasteiger partial charge is 0.324 e.